The van der Waals surface area contributed by atoms with Gasteiger partial charge in [-0.2, -0.15) is 0 Å². The van der Waals surface area contributed by atoms with E-state index in [-0.39, 0.29) is 12.0 Å². The average Bonchev–Trinajstić information content (AvgIpc) is 2.72. The maximum Gasteiger partial charge on any atom is 0.316 e. The lowest BCUT2D eigenvalue weighted by Gasteiger charge is -2.20. The maximum atomic E-state index is 12.8. The first-order valence-electron chi connectivity index (χ1n) is 8.64. The van der Waals surface area contributed by atoms with Crippen LogP contribution in [0.4, 0.5) is 10.5 Å². The fourth-order valence-electron chi connectivity index (χ4n) is 2.69. The number of urea groups is 1. The van der Waals surface area contributed by atoms with E-state index in [2.05, 4.69) is 10.6 Å². The summed E-state index contributed by atoms with van der Waals surface area (Å²) in [6.45, 7) is 0. The largest absolute Gasteiger partial charge is 0.493 e. The number of hydrogen-bond acceptors (Lipinski definition) is 6. The van der Waals surface area contributed by atoms with Gasteiger partial charge in [-0.25, -0.2) is 4.79 Å². The molecule has 2 aromatic carbocycles. The molecule has 9 nitrogen and oxygen atoms in total. The highest BCUT2D eigenvalue weighted by Crippen LogP contribution is 2.31. The molecule has 0 aromatic heterocycles. The van der Waals surface area contributed by atoms with Crippen LogP contribution in [0.15, 0.2) is 42.5 Å². The van der Waals surface area contributed by atoms with Crippen LogP contribution >= 0.6 is 0 Å². The molecule has 4 N–H and O–H groups in total. The lowest BCUT2D eigenvalue weighted by molar-refractivity contribution is -0.141. The minimum atomic E-state index is -0.739. The molecule has 0 saturated heterocycles. The number of primary amides is 1. The van der Waals surface area contributed by atoms with Crippen molar-refractivity contribution >= 4 is 23.6 Å². The zero-order valence-electron chi connectivity index (χ0n) is 16.4. The van der Waals surface area contributed by atoms with Crippen molar-refractivity contribution in [2.75, 3.05) is 26.6 Å². The number of methoxy groups -OCH3 is 3. The van der Waals surface area contributed by atoms with E-state index in [4.69, 9.17) is 19.9 Å². The monoisotopic (exact) mass is 401 g/mol. The molecule has 1 atom stereocenters. The summed E-state index contributed by atoms with van der Waals surface area (Å²) in [6.07, 6.45) is -0.0864. The Labute approximate surface area is 168 Å². The number of ether oxygens (including phenoxy) is 3. The number of nitrogens with one attached hydrogen (secondary N) is 2. The van der Waals surface area contributed by atoms with Gasteiger partial charge in [-0.3, -0.25) is 9.59 Å². The minimum absolute atomic E-state index is 0.0864. The quantitative estimate of drug-likeness (QED) is 0.582. The Balaban J connectivity index is 2.30. The van der Waals surface area contributed by atoms with Crippen molar-refractivity contribution in [1.82, 2.24) is 5.32 Å². The molecule has 0 aliphatic heterocycles. The molecular formula is C20H23N3O6. The summed E-state index contributed by atoms with van der Waals surface area (Å²) in [4.78, 5) is 35.6. The molecule has 0 bridgehead atoms. The van der Waals surface area contributed by atoms with Crippen LogP contribution in [0.5, 0.6) is 11.5 Å². The fraction of sp³-hybridized carbons (Fsp3) is 0.250. The molecule has 0 saturated carbocycles. The first-order valence-corrected chi connectivity index (χ1v) is 8.64. The number of carbonyl (C=O) groups is 3. The number of amides is 3. The van der Waals surface area contributed by atoms with Gasteiger partial charge in [-0.1, -0.05) is 12.1 Å². The van der Waals surface area contributed by atoms with Crippen molar-refractivity contribution in [2.45, 2.75) is 12.5 Å². The number of hydrogen-bond donors (Lipinski definition) is 3. The van der Waals surface area contributed by atoms with Crippen LogP contribution in [0.25, 0.3) is 0 Å². The molecule has 0 unspecified atom stereocenters. The third kappa shape index (κ3) is 5.86. The van der Waals surface area contributed by atoms with Crippen LogP contribution < -0.4 is 25.8 Å². The normalized spacial score (nSPS) is 11.1. The van der Waals surface area contributed by atoms with E-state index in [9.17, 15) is 14.4 Å². The summed E-state index contributed by atoms with van der Waals surface area (Å²) in [6, 6.07) is 9.92. The highest BCUT2D eigenvalue weighted by Gasteiger charge is 2.21. The zero-order chi connectivity index (χ0) is 21.4. The highest BCUT2D eigenvalue weighted by atomic mass is 16.5. The second-order valence-electron chi connectivity index (χ2n) is 5.99. The number of carbonyl (C=O) groups excluding carboxylic acids is 3. The molecule has 29 heavy (non-hydrogen) atoms. The van der Waals surface area contributed by atoms with Gasteiger partial charge in [-0.15, -0.1) is 0 Å². The Morgan fingerprint density at radius 2 is 1.72 bits per heavy atom. The van der Waals surface area contributed by atoms with Crippen molar-refractivity contribution < 1.29 is 28.6 Å². The number of anilines is 1. The summed E-state index contributed by atoms with van der Waals surface area (Å²) in [7, 11) is 4.28. The van der Waals surface area contributed by atoms with E-state index in [0.717, 1.165) is 0 Å². The first kappa shape index (κ1) is 21.5. The van der Waals surface area contributed by atoms with Gasteiger partial charge < -0.3 is 30.6 Å². The van der Waals surface area contributed by atoms with E-state index in [1.54, 1.807) is 36.4 Å². The maximum absolute atomic E-state index is 12.8. The number of nitrogens with two attached hydrogens (primary N) is 1. The predicted octanol–water partition coefficient (Wildman–Crippen LogP) is 2.23. The summed E-state index contributed by atoms with van der Waals surface area (Å²) >= 11 is 0. The Hall–Kier alpha value is -3.75. The van der Waals surface area contributed by atoms with Crippen molar-refractivity contribution in [3.8, 4) is 11.5 Å². The van der Waals surface area contributed by atoms with E-state index < -0.39 is 23.9 Å². The summed E-state index contributed by atoms with van der Waals surface area (Å²) in [5, 5.41) is 5.21. The molecule has 2 aromatic rings. The Morgan fingerprint density at radius 1 is 1.00 bits per heavy atom. The summed E-state index contributed by atoms with van der Waals surface area (Å²) < 4.78 is 15.3. The summed E-state index contributed by atoms with van der Waals surface area (Å²) in [5.74, 6) is 0.0439. The topological polar surface area (TPSA) is 129 Å². The molecule has 9 heteroatoms. The van der Waals surface area contributed by atoms with Crippen molar-refractivity contribution in [1.29, 1.82) is 0 Å². The summed E-state index contributed by atoms with van der Waals surface area (Å²) in [5.41, 5.74) is 6.40. The Bertz CT molecular complexity index is 900. The predicted molar refractivity (Wildman–Crippen MR) is 106 cm³/mol. The van der Waals surface area contributed by atoms with Gasteiger partial charge >= 0.3 is 12.0 Å². The molecule has 3 amide bonds. The Kier molecular flexibility index (Phi) is 7.41. The van der Waals surface area contributed by atoms with E-state index >= 15 is 0 Å². The second-order valence-corrected chi connectivity index (χ2v) is 5.99. The van der Waals surface area contributed by atoms with Gasteiger partial charge in [0.2, 0.25) is 0 Å². The zero-order valence-corrected chi connectivity index (χ0v) is 16.4. The first-order chi connectivity index (χ1) is 13.9. The SMILES string of the molecule is COC(=O)C[C@H](NC(=O)c1cccc(NC(N)=O)c1)c1ccc(OC)c(OC)c1. The van der Waals surface area contributed by atoms with Crippen LogP contribution in [0.2, 0.25) is 0 Å². The molecule has 0 heterocycles. The molecule has 0 aliphatic carbocycles. The van der Waals surface area contributed by atoms with Crippen molar-refractivity contribution in [3.63, 3.8) is 0 Å². The van der Waals surface area contributed by atoms with Gasteiger partial charge in [0.05, 0.1) is 33.8 Å². The lowest BCUT2D eigenvalue weighted by atomic mass is 10.0. The van der Waals surface area contributed by atoms with Gasteiger partial charge in [0.1, 0.15) is 0 Å². The highest BCUT2D eigenvalue weighted by molar-refractivity contribution is 5.97. The lowest BCUT2D eigenvalue weighted by Crippen LogP contribution is -2.30. The number of benzene rings is 2. The fourth-order valence-corrected chi connectivity index (χ4v) is 2.69. The molecular weight excluding hydrogens is 378 g/mol. The van der Waals surface area contributed by atoms with Crippen LogP contribution in [0.3, 0.4) is 0 Å². The molecule has 0 aliphatic rings. The van der Waals surface area contributed by atoms with Crippen LogP contribution in [0.1, 0.15) is 28.4 Å². The van der Waals surface area contributed by atoms with Crippen LogP contribution in [-0.4, -0.2) is 39.2 Å². The second kappa shape index (κ2) is 9.98. The number of esters is 1. The van der Waals surface area contributed by atoms with Gasteiger partial charge in [-0.05, 0) is 35.9 Å². The minimum Gasteiger partial charge on any atom is -0.493 e. The van der Waals surface area contributed by atoms with Gasteiger partial charge in [0.25, 0.3) is 5.91 Å². The van der Waals surface area contributed by atoms with Gasteiger partial charge in [0, 0.05) is 11.3 Å². The molecule has 0 radical (unpaired) electrons. The third-order valence-corrected chi connectivity index (χ3v) is 4.11. The Morgan fingerprint density at radius 3 is 2.34 bits per heavy atom. The van der Waals surface area contributed by atoms with Crippen LogP contribution in [-0.2, 0) is 9.53 Å². The van der Waals surface area contributed by atoms with Crippen molar-refractivity contribution in [2.24, 2.45) is 5.73 Å². The molecule has 2 rings (SSSR count). The standard InChI is InChI=1S/C20H23N3O6/c1-27-16-8-7-12(10-17(16)28-2)15(11-18(24)29-3)23-19(25)13-5-4-6-14(9-13)22-20(21)26/h4-10,15H,11H2,1-3H3,(H,23,25)(H3,21,22,26)/t15-/m0/s1. The molecule has 0 spiro atoms. The van der Waals surface area contributed by atoms with E-state index in [1.807, 2.05) is 0 Å². The molecule has 154 valence electrons. The average molecular weight is 401 g/mol. The van der Waals surface area contributed by atoms with Crippen LogP contribution in [0, 0.1) is 0 Å². The number of rotatable bonds is 8. The smallest absolute Gasteiger partial charge is 0.316 e. The van der Waals surface area contributed by atoms with E-state index in [0.29, 0.717) is 22.7 Å². The van der Waals surface area contributed by atoms with Crippen molar-refractivity contribution in [3.05, 3.63) is 53.6 Å². The van der Waals surface area contributed by atoms with E-state index in [1.165, 1.54) is 27.4 Å². The third-order valence-electron chi connectivity index (χ3n) is 4.11. The molecule has 0 fully saturated rings. The van der Waals surface area contributed by atoms with Gasteiger partial charge in [0.15, 0.2) is 11.5 Å².